The summed E-state index contributed by atoms with van der Waals surface area (Å²) in [5.74, 6) is 0.830. The van der Waals surface area contributed by atoms with Gasteiger partial charge in [0.05, 0.1) is 17.9 Å². The van der Waals surface area contributed by atoms with Crippen LogP contribution in [0.5, 0.6) is 0 Å². The molecule has 1 aromatic carbocycles. The molecule has 2 atom stereocenters. The summed E-state index contributed by atoms with van der Waals surface area (Å²) in [6, 6.07) is 12.9. The molecule has 4 heteroatoms. The molecule has 0 bridgehead atoms. The van der Waals surface area contributed by atoms with Crippen LogP contribution in [0.15, 0.2) is 95.2 Å². The SMILES string of the molecule is CCCCCCCCC1=CC(C/C=C\C(CC)c2ccccc2)=NC2=CC(c3cc(C)n(C/C=C\C(=O)C(C)C)n3)=CC12. The molecule has 1 aliphatic heterocycles. The first-order chi connectivity index (χ1) is 20.9. The smallest absolute Gasteiger partial charge is 0.157 e. The molecule has 0 spiro atoms. The lowest BCUT2D eigenvalue weighted by atomic mass is 9.88. The number of nitrogens with zero attached hydrogens (tertiary/aromatic N) is 3. The lowest BCUT2D eigenvalue weighted by Gasteiger charge is -2.21. The zero-order valence-electron chi connectivity index (χ0n) is 27.1. The van der Waals surface area contributed by atoms with Gasteiger partial charge in [0, 0.05) is 41.2 Å². The van der Waals surface area contributed by atoms with E-state index in [1.54, 1.807) is 6.08 Å². The largest absolute Gasteiger partial charge is 0.295 e. The zero-order chi connectivity index (χ0) is 30.6. The number of dihydropyridines is 1. The van der Waals surface area contributed by atoms with Gasteiger partial charge in [0.1, 0.15) is 0 Å². The number of ketones is 1. The molecule has 2 heterocycles. The van der Waals surface area contributed by atoms with E-state index in [-0.39, 0.29) is 17.6 Å². The average molecular weight is 578 g/mol. The van der Waals surface area contributed by atoms with Crippen LogP contribution in [-0.4, -0.2) is 21.3 Å². The van der Waals surface area contributed by atoms with Crippen LogP contribution in [0.4, 0.5) is 0 Å². The fourth-order valence-electron chi connectivity index (χ4n) is 5.90. The van der Waals surface area contributed by atoms with Crippen LogP contribution in [0, 0.1) is 18.8 Å². The Morgan fingerprint density at radius 2 is 1.77 bits per heavy atom. The van der Waals surface area contributed by atoms with Gasteiger partial charge in [0.15, 0.2) is 5.78 Å². The van der Waals surface area contributed by atoms with Crippen LogP contribution in [0.1, 0.15) is 108 Å². The van der Waals surface area contributed by atoms with Gasteiger partial charge in [0.2, 0.25) is 0 Å². The zero-order valence-corrected chi connectivity index (χ0v) is 27.1. The van der Waals surface area contributed by atoms with Crippen molar-refractivity contribution < 1.29 is 4.79 Å². The molecule has 2 aliphatic rings. The minimum Gasteiger partial charge on any atom is -0.295 e. The molecule has 1 aromatic heterocycles. The highest BCUT2D eigenvalue weighted by Crippen LogP contribution is 2.40. The first kappa shape index (κ1) is 32.4. The van der Waals surface area contributed by atoms with Gasteiger partial charge < -0.3 is 0 Å². The predicted molar refractivity (Wildman–Crippen MR) is 182 cm³/mol. The van der Waals surface area contributed by atoms with Crippen molar-refractivity contribution in [3.63, 3.8) is 0 Å². The summed E-state index contributed by atoms with van der Waals surface area (Å²) in [6.45, 7) is 11.1. The van der Waals surface area contributed by atoms with Crippen LogP contribution in [-0.2, 0) is 11.3 Å². The third kappa shape index (κ3) is 9.23. The third-order valence-electron chi connectivity index (χ3n) is 8.58. The summed E-state index contributed by atoms with van der Waals surface area (Å²) < 4.78 is 1.98. The number of aryl methyl sites for hydroxylation is 1. The maximum absolute atomic E-state index is 12.0. The van der Waals surface area contributed by atoms with Gasteiger partial charge in [-0.25, -0.2) is 0 Å². The molecule has 0 N–H and O–H groups in total. The second kappa shape index (κ2) is 16.4. The van der Waals surface area contributed by atoms with Crippen LogP contribution in [0.3, 0.4) is 0 Å². The molecule has 0 saturated carbocycles. The van der Waals surface area contributed by atoms with Gasteiger partial charge in [0.25, 0.3) is 0 Å². The Hall–Kier alpha value is -3.53. The number of aliphatic imine (C=N–C) groups is 1. The van der Waals surface area contributed by atoms with Gasteiger partial charge in [-0.1, -0.05) is 120 Å². The molecule has 0 amide bonds. The molecule has 228 valence electrons. The Balaban J connectivity index is 1.50. The molecule has 0 radical (unpaired) electrons. The van der Waals surface area contributed by atoms with E-state index in [4.69, 9.17) is 10.1 Å². The van der Waals surface area contributed by atoms with Crippen molar-refractivity contribution in [2.24, 2.45) is 16.8 Å². The maximum atomic E-state index is 12.0. The summed E-state index contributed by atoms with van der Waals surface area (Å²) >= 11 is 0. The van der Waals surface area contributed by atoms with Crippen molar-refractivity contribution in [1.29, 1.82) is 0 Å². The Kier molecular flexibility index (Phi) is 12.3. The fourth-order valence-corrected chi connectivity index (χ4v) is 5.90. The van der Waals surface area contributed by atoms with Crippen molar-refractivity contribution in [3.8, 4) is 0 Å². The lowest BCUT2D eigenvalue weighted by molar-refractivity contribution is -0.117. The van der Waals surface area contributed by atoms with E-state index >= 15 is 0 Å². The number of allylic oxidation sites excluding steroid dienone is 8. The number of unbranched alkanes of at least 4 members (excludes halogenated alkanes) is 5. The second-order valence-corrected chi connectivity index (χ2v) is 12.4. The summed E-state index contributed by atoms with van der Waals surface area (Å²) in [4.78, 5) is 17.2. The first-order valence-electron chi connectivity index (χ1n) is 16.6. The van der Waals surface area contributed by atoms with E-state index < -0.39 is 0 Å². The number of carbonyl (C=O) groups excluding carboxylic acids is 1. The normalized spacial score (nSPS) is 17.3. The molecule has 0 saturated heterocycles. The summed E-state index contributed by atoms with van der Waals surface area (Å²) in [5, 5.41) is 4.91. The number of aromatic nitrogens is 2. The quantitative estimate of drug-likeness (QED) is 0.107. The molecule has 43 heavy (non-hydrogen) atoms. The Morgan fingerprint density at radius 3 is 2.51 bits per heavy atom. The van der Waals surface area contributed by atoms with Crippen LogP contribution >= 0.6 is 0 Å². The van der Waals surface area contributed by atoms with E-state index in [9.17, 15) is 4.79 Å². The van der Waals surface area contributed by atoms with E-state index in [0.717, 1.165) is 47.6 Å². The van der Waals surface area contributed by atoms with Crippen LogP contribution < -0.4 is 0 Å². The maximum Gasteiger partial charge on any atom is 0.157 e. The minimum atomic E-state index is 0.0145. The number of rotatable bonds is 17. The Morgan fingerprint density at radius 1 is 1.00 bits per heavy atom. The van der Waals surface area contributed by atoms with Gasteiger partial charge in [-0.05, 0) is 56.0 Å². The number of carbonyl (C=O) groups is 1. The highest BCUT2D eigenvalue weighted by atomic mass is 16.1. The highest BCUT2D eigenvalue weighted by molar-refractivity contribution is 5.99. The number of hydrogen-bond donors (Lipinski definition) is 0. The second-order valence-electron chi connectivity index (χ2n) is 12.4. The van der Waals surface area contributed by atoms with Gasteiger partial charge >= 0.3 is 0 Å². The van der Waals surface area contributed by atoms with Gasteiger partial charge in [-0.3, -0.25) is 14.5 Å². The topological polar surface area (TPSA) is 47.2 Å². The van der Waals surface area contributed by atoms with Crippen LogP contribution in [0.2, 0.25) is 0 Å². The monoisotopic (exact) mass is 577 g/mol. The molecule has 4 rings (SSSR count). The van der Waals surface area contributed by atoms with Crippen molar-refractivity contribution in [1.82, 2.24) is 9.78 Å². The number of benzene rings is 1. The standard InChI is InChI=1S/C39H51N3O/c1-6-8-9-10-11-13-20-33-26-35(22-16-21-31(7-2)32-18-14-12-15-19-32)40-38-28-34(27-36(33)38)37-25-30(5)42(41-37)24-17-23-39(43)29(3)4/h12,14-19,21,23,25-29,31,36H,6-11,13,20,22,24H2,1-5H3/b21-16-,23-17-. The van der Waals surface area contributed by atoms with Crippen LogP contribution in [0.25, 0.3) is 5.57 Å². The number of fused-ring (bicyclic) bond motifs is 1. The van der Waals surface area contributed by atoms with Gasteiger partial charge in [-0.15, -0.1) is 0 Å². The molecular weight excluding hydrogens is 526 g/mol. The predicted octanol–water partition coefficient (Wildman–Crippen LogP) is 10.1. The summed E-state index contributed by atoms with van der Waals surface area (Å²) in [7, 11) is 0. The van der Waals surface area contributed by atoms with Crippen molar-refractivity contribution in [2.45, 2.75) is 105 Å². The molecule has 2 unspecified atom stereocenters. The van der Waals surface area contributed by atoms with Gasteiger partial charge in [-0.2, -0.15) is 5.10 Å². The summed E-state index contributed by atoms with van der Waals surface area (Å²) in [6.07, 6.45) is 26.1. The van der Waals surface area contributed by atoms with E-state index in [2.05, 4.69) is 87.5 Å². The highest BCUT2D eigenvalue weighted by Gasteiger charge is 2.27. The molecule has 4 nitrogen and oxygen atoms in total. The molecule has 0 fully saturated rings. The van der Waals surface area contributed by atoms with E-state index in [1.165, 1.54) is 49.7 Å². The number of hydrogen-bond acceptors (Lipinski definition) is 3. The molecule has 1 aliphatic carbocycles. The van der Waals surface area contributed by atoms with Crippen molar-refractivity contribution >= 4 is 17.1 Å². The average Bonchev–Trinajstić information content (AvgIpc) is 3.61. The van der Waals surface area contributed by atoms with E-state index in [1.807, 2.05) is 24.6 Å². The Bertz CT molecular complexity index is 1400. The minimum absolute atomic E-state index is 0.0145. The lowest BCUT2D eigenvalue weighted by Crippen LogP contribution is -2.11. The summed E-state index contributed by atoms with van der Waals surface area (Å²) in [5.41, 5.74) is 8.37. The Labute approximate surface area is 260 Å². The first-order valence-corrected chi connectivity index (χ1v) is 16.6. The third-order valence-corrected chi connectivity index (χ3v) is 8.58. The van der Waals surface area contributed by atoms with E-state index in [0.29, 0.717) is 12.5 Å². The fraction of sp³-hybridized carbons (Fsp3) is 0.462. The van der Waals surface area contributed by atoms with Crippen molar-refractivity contribution in [3.05, 3.63) is 107 Å². The molecule has 2 aromatic rings. The van der Waals surface area contributed by atoms with Crippen molar-refractivity contribution in [2.75, 3.05) is 0 Å². The molecular formula is C39H51N3O.